The topological polar surface area (TPSA) is 40.1 Å². The van der Waals surface area contributed by atoms with E-state index in [2.05, 4.69) is 22.3 Å². The van der Waals surface area contributed by atoms with Crippen LogP contribution in [-0.2, 0) is 11.3 Å². The van der Waals surface area contributed by atoms with Gasteiger partial charge in [0.05, 0.1) is 6.61 Å². The fraction of sp³-hybridized carbons (Fsp3) is 0.562. The normalized spacial score (nSPS) is 11.8. The Morgan fingerprint density at radius 3 is 2.50 bits per heavy atom. The van der Waals surface area contributed by atoms with Crippen LogP contribution >= 0.6 is 0 Å². The van der Waals surface area contributed by atoms with E-state index in [4.69, 9.17) is 4.74 Å². The van der Waals surface area contributed by atoms with Crippen LogP contribution in [0.15, 0.2) is 29.3 Å². The van der Waals surface area contributed by atoms with Gasteiger partial charge in [-0.2, -0.15) is 0 Å². The van der Waals surface area contributed by atoms with Crippen LogP contribution < -0.4 is 5.32 Å². The van der Waals surface area contributed by atoms with Gasteiger partial charge in [0.25, 0.3) is 0 Å². The number of ether oxygens (including phenoxy) is 1. The van der Waals surface area contributed by atoms with Crippen molar-refractivity contribution in [3.63, 3.8) is 0 Å². The van der Waals surface area contributed by atoms with Gasteiger partial charge in [0.15, 0.2) is 5.96 Å². The van der Waals surface area contributed by atoms with E-state index in [1.54, 1.807) is 26.3 Å². The lowest BCUT2D eigenvalue weighted by molar-refractivity contribution is 0.162. The molecule has 0 aliphatic heterocycles. The molecule has 0 amide bonds. The van der Waals surface area contributed by atoms with Crippen molar-refractivity contribution in [2.45, 2.75) is 6.54 Å². The van der Waals surface area contributed by atoms with Crippen molar-refractivity contribution in [1.82, 2.24) is 15.1 Å². The Hall–Kier alpha value is -1.66. The molecule has 22 heavy (non-hydrogen) atoms. The van der Waals surface area contributed by atoms with Crippen molar-refractivity contribution in [3.05, 3.63) is 35.6 Å². The molecule has 0 atom stereocenters. The lowest BCUT2D eigenvalue weighted by Crippen LogP contribution is -2.42. The molecule has 6 heteroatoms. The number of guanidine groups is 1. The standard InChI is InChI=1S/C16H27FN4O/c1-18-16(19-9-10-20(2)11-12-22-4)21(3)13-14-5-7-15(17)8-6-14/h5-8H,9-13H2,1-4H3,(H,18,19). The van der Waals surface area contributed by atoms with Crippen molar-refractivity contribution in [3.8, 4) is 0 Å². The Morgan fingerprint density at radius 2 is 1.91 bits per heavy atom. The molecule has 0 unspecified atom stereocenters. The molecular formula is C16H27FN4O. The number of nitrogens with zero attached hydrogens (tertiary/aromatic N) is 3. The highest BCUT2D eigenvalue weighted by Crippen LogP contribution is 2.05. The maximum Gasteiger partial charge on any atom is 0.193 e. The Balaban J connectivity index is 2.38. The van der Waals surface area contributed by atoms with Crippen LogP contribution in [0.2, 0.25) is 0 Å². The van der Waals surface area contributed by atoms with E-state index in [1.165, 1.54) is 12.1 Å². The summed E-state index contributed by atoms with van der Waals surface area (Å²) in [5.74, 6) is 0.609. The van der Waals surface area contributed by atoms with Gasteiger partial charge >= 0.3 is 0 Å². The molecular weight excluding hydrogens is 283 g/mol. The zero-order chi connectivity index (χ0) is 16.4. The van der Waals surface area contributed by atoms with Crippen LogP contribution in [-0.4, -0.2) is 70.3 Å². The van der Waals surface area contributed by atoms with E-state index in [0.29, 0.717) is 6.54 Å². The second-order valence-corrected chi connectivity index (χ2v) is 5.25. The third kappa shape index (κ3) is 6.87. The van der Waals surface area contributed by atoms with Crippen molar-refractivity contribution in [2.24, 2.45) is 4.99 Å². The minimum Gasteiger partial charge on any atom is -0.383 e. The van der Waals surface area contributed by atoms with Crippen LogP contribution in [0.5, 0.6) is 0 Å². The van der Waals surface area contributed by atoms with Gasteiger partial charge in [-0.05, 0) is 24.7 Å². The largest absolute Gasteiger partial charge is 0.383 e. The van der Waals surface area contributed by atoms with Crippen LogP contribution in [0.25, 0.3) is 0 Å². The quantitative estimate of drug-likeness (QED) is 0.582. The van der Waals surface area contributed by atoms with E-state index in [1.807, 2.05) is 11.9 Å². The second-order valence-electron chi connectivity index (χ2n) is 5.25. The molecule has 0 fully saturated rings. The Bertz CT molecular complexity index is 450. The highest BCUT2D eigenvalue weighted by molar-refractivity contribution is 5.79. The molecule has 0 radical (unpaired) electrons. The molecule has 124 valence electrons. The maximum atomic E-state index is 12.9. The maximum absolute atomic E-state index is 12.9. The van der Waals surface area contributed by atoms with Crippen molar-refractivity contribution >= 4 is 5.96 Å². The molecule has 5 nitrogen and oxygen atoms in total. The predicted octanol–water partition coefficient (Wildman–Crippen LogP) is 1.41. The molecule has 0 aromatic heterocycles. The van der Waals surface area contributed by atoms with Gasteiger partial charge in [0.1, 0.15) is 5.82 Å². The lowest BCUT2D eigenvalue weighted by Gasteiger charge is -2.23. The summed E-state index contributed by atoms with van der Waals surface area (Å²) in [5, 5.41) is 3.33. The summed E-state index contributed by atoms with van der Waals surface area (Å²) in [5.41, 5.74) is 1.05. The molecule has 1 aromatic carbocycles. The first-order valence-electron chi connectivity index (χ1n) is 7.40. The Kier molecular flexibility index (Phi) is 8.47. The zero-order valence-corrected chi connectivity index (χ0v) is 14.0. The van der Waals surface area contributed by atoms with Gasteiger partial charge in [0.2, 0.25) is 0 Å². The molecule has 0 saturated carbocycles. The lowest BCUT2D eigenvalue weighted by atomic mass is 10.2. The molecule has 0 spiro atoms. The highest BCUT2D eigenvalue weighted by atomic mass is 19.1. The average Bonchev–Trinajstić information content (AvgIpc) is 2.51. The Morgan fingerprint density at radius 1 is 1.23 bits per heavy atom. The summed E-state index contributed by atoms with van der Waals surface area (Å²) in [6.07, 6.45) is 0. The van der Waals surface area contributed by atoms with Gasteiger partial charge in [-0.25, -0.2) is 4.39 Å². The summed E-state index contributed by atoms with van der Waals surface area (Å²) in [6, 6.07) is 6.53. The molecule has 0 heterocycles. The average molecular weight is 310 g/mol. The number of nitrogens with one attached hydrogen (secondary N) is 1. The number of likely N-dealkylation sites (N-methyl/N-ethyl adjacent to an activating group) is 1. The van der Waals surface area contributed by atoms with E-state index in [9.17, 15) is 4.39 Å². The number of hydrogen-bond donors (Lipinski definition) is 1. The Labute approximate surface area is 132 Å². The van der Waals surface area contributed by atoms with Gasteiger partial charge in [-0.15, -0.1) is 0 Å². The summed E-state index contributed by atoms with van der Waals surface area (Å²) in [4.78, 5) is 8.49. The number of methoxy groups -OCH3 is 1. The summed E-state index contributed by atoms with van der Waals surface area (Å²) < 4.78 is 18.0. The molecule has 0 aliphatic carbocycles. The fourth-order valence-corrected chi connectivity index (χ4v) is 2.04. The number of aliphatic imine (C=N–C) groups is 1. The van der Waals surface area contributed by atoms with Crippen molar-refractivity contribution < 1.29 is 9.13 Å². The van der Waals surface area contributed by atoms with Crippen LogP contribution in [0.3, 0.4) is 0 Å². The predicted molar refractivity (Wildman–Crippen MR) is 88.6 cm³/mol. The number of hydrogen-bond acceptors (Lipinski definition) is 3. The van der Waals surface area contributed by atoms with E-state index >= 15 is 0 Å². The van der Waals surface area contributed by atoms with Crippen LogP contribution in [0, 0.1) is 5.82 Å². The molecule has 0 saturated heterocycles. The zero-order valence-electron chi connectivity index (χ0n) is 14.0. The van der Waals surface area contributed by atoms with Gasteiger partial charge < -0.3 is 19.9 Å². The minimum atomic E-state index is -0.215. The molecule has 0 bridgehead atoms. The van der Waals surface area contributed by atoms with E-state index in [0.717, 1.165) is 37.8 Å². The first kappa shape index (κ1) is 18.4. The summed E-state index contributed by atoms with van der Waals surface area (Å²) >= 11 is 0. The van der Waals surface area contributed by atoms with E-state index in [-0.39, 0.29) is 5.82 Å². The van der Waals surface area contributed by atoms with Crippen LogP contribution in [0.4, 0.5) is 4.39 Å². The molecule has 1 rings (SSSR count). The first-order chi connectivity index (χ1) is 10.6. The molecule has 1 N–H and O–H groups in total. The number of rotatable bonds is 8. The number of halogens is 1. The third-order valence-corrected chi connectivity index (χ3v) is 3.36. The number of benzene rings is 1. The highest BCUT2D eigenvalue weighted by Gasteiger charge is 2.07. The van der Waals surface area contributed by atoms with Crippen molar-refractivity contribution in [2.75, 3.05) is 54.5 Å². The monoisotopic (exact) mass is 310 g/mol. The van der Waals surface area contributed by atoms with Gasteiger partial charge in [0, 0.05) is 47.4 Å². The summed E-state index contributed by atoms with van der Waals surface area (Å²) in [7, 11) is 7.50. The van der Waals surface area contributed by atoms with Crippen molar-refractivity contribution in [1.29, 1.82) is 0 Å². The first-order valence-corrected chi connectivity index (χ1v) is 7.40. The van der Waals surface area contributed by atoms with Gasteiger partial charge in [-0.1, -0.05) is 12.1 Å². The third-order valence-electron chi connectivity index (χ3n) is 3.36. The minimum absolute atomic E-state index is 0.215. The SMILES string of the molecule is CN=C(NCCN(C)CCOC)N(C)Cc1ccc(F)cc1. The van der Waals surface area contributed by atoms with E-state index < -0.39 is 0 Å². The summed E-state index contributed by atoms with van der Waals surface area (Å²) in [6.45, 7) is 4.03. The van der Waals surface area contributed by atoms with Crippen LogP contribution in [0.1, 0.15) is 5.56 Å². The molecule has 1 aromatic rings. The second kappa shape index (κ2) is 10.1. The fourth-order valence-electron chi connectivity index (χ4n) is 2.04. The smallest absolute Gasteiger partial charge is 0.193 e. The van der Waals surface area contributed by atoms with Gasteiger partial charge in [-0.3, -0.25) is 4.99 Å². The molecule has 0 aliphatic rings.